The third-order valence-corrected chi connectivity index (χ3v) is 14.5. The van der Waals surface area contributed by atoms with Crippen molar-refractivity contribution in [3.8, 4) is 0 Å². The predicted octanol–water partition coefficient (Wildman–Crippen LogP) is 3.35. The fourth-order valence-corrected chi connectivity index (χ4v) is 9.63. The van der Waals surface area contributed by atoms with E-state index in [2.05, 4.69) is 34.5 Å². The van der Waals surface area contributed by atoms with E-state index < -0.39 is 38.5 Å². The molecule has 0 bridgehead atoms. The number of aliphatic carboxylic acids is 2. The van der Waals surface area contributed by atoms with Crippen molar-refractivity contribution in [2.45, 2.75) is 56.9 Å². The molecule has 0 saturated carbocycles. The number of carboxylic acids is 2. The average molecular weight is 380 g/mol. The number of carboxylic acid groups (broad SMARTS) is 2. The van der Waals surface area contributed by atoms with Gasteiger partial charge in [0, 0.05) is 0 Å². The van der Waals surface area contributed by atoms with Gasteiger partial charge in [0.2, 0.25) is 0 Å². The van der Waals surface area contributed by atoms with E-state index in [4.69, 9.17) is 0 Å². The molecule has 2 unspecified atom stereocenters. The van der Waals surface area contributed by atoms with Crippen LogP contribution in [0.25, 0.3) is 0 Å². The Labute approximate surface area is 115 Å². The first-order chi connectivity index (χ1) is 7.87. The molecule has 0 aromatic rings. The molecule has 4 nitrogen and oxygen atoms in total. The van der Waals surface area contributed by atoms with Gasteiger partial charge in [0.15, 0.2) is 0 Å². The Hall–Kier alpha value is 0.0257. The summed E-state index contributed by atoms with van der Waals surface area (Å²) in [6.07, 6.45) is 1.05. The second kappa shape index (κ2) is 6.46. The molecule has 6 heteroatoms. The number of rotatable bonds is 7. The van der Waals surface area contributed by atoms with Crippen LogP contribution >= 0.6 is 0 Å². The summed E-state index contributed by atoms with van der Waals surface area (Å²) in [6.45, 7) is 0. The SMILES string of the molecule is [CH3][Ge]([CH3])([CH3])[CH](CC[CH](C(=O)O)[Ge]([CH3])([CH3])[CH3])C(=O)O. The second-order valence-electron chi connectivity index (χ2n) is 7.09. The van der Waals surface area contributed by atoms with Crippen molar-refractivity contribution in [2.24, 2.45) is 0 Å². The van der Waals surface area contributed by atoms with Gasteiger partial charge in [-0.2, -0.15) is 0 Å². The minimum absolute atomic E-state index is 0.295. The molecule has 18 heavy (non-hydrogen) atoms. The van der Waals surface area contributed by atoms with Crippen LogP contribution in [0.4, 0.5) is 0 Å². The second-order valence-corrected chi connectivity index (χ2v) is 29.9. The first-order valence-electron chi connectivity index (χ1n) is 6.33. The topological polar surface area (TPSA) is 74.6 Å². The maximum atomic E-state index is 11.3. The summed E-state index contributed by atoms with van der Waals surface area (Å²) in [5.41, 5.74) is 0. The molecule has 2 atom stereocenters. The van der Waals surface area contributed by atoms with Crippen LogP contribution in [0.15, 0.2) is 0 Å². The average Bonchev–Trinajstić information content (AvgIpc) is 2.05. The zero-order valence-corrected chi connectivity index (χ0v) is 16.5. The molecule has 0 radical (unpaired) electrons. The molecule has 0 aliphatic carbocycles. The molecule has 0 aromatic carbocycles. The molecule has 2 N–H and O–H groups in total. The molecule has 0 amide bonds. The number of hydrogen-bond acceptors (Lipinski definition) is 2. The van der Waals surface area contributed by atoms with Gasteiger partial charge in [0.05, 0.1) is 0 Å². The van der Waals surface area contributed by atoms with E-state index in [1.807, 2.05) is 0 Å². The summed E-state index contributed by atoms with van der Waals surface area (Å²) in [6, 6.07) is 0. The van der Waals surface area contributed by atoms with Crippen LogP contribution in [-0.2, 0) is 9.59 Å². The molecule has 0 rings (SSSR count). The van der Waals surface area contributed by atoms with Crippen LogP contribution in [0.1, 0.15) is 12.8 Å². The summed E-state index contributed by atoms with van der Waals surface area (Å²) >= 11 is -4.58. The molecular weight excluding hydrogens is 353 g/mol. The van der Waals surface area contributed by atoms with Gasteiger partial charge >= 0.3 is 115 Å². The fourth-order valence-electron chi connectivity index (χ4n) is 2.19. The monoisotopic (exact) mass is 382 g/mol. The van der Waals surface area contributed by atoms with Crippen LogP contribution in [0.3, 0.4) is 0 Å². The van der Waals surface area contributed by atoms with E-state index in [9.17, 15) is 19.8 Å². The summed E-state index contributed by atoms with van der Waals surface area (Å²) in [5, 5.41) is 18.6. The van der Waals surface area contributed by atoms with Crippen LogP contribution in [0.2, 0.25) is 44.0 Å². The van der Waals surface area contributed by atoms with E-state index in [0.717, 1.165) is 0 Å². The van der Waals surface area contributed by atoms with Crippen molar-refractivity contribution in [3.05, 3.63) is 0 Å². The van der Waals surface area contributed by atoms with E-state index >= 15 is 0 Å². The van der Waals surface area contributed by atoms with Gasteiger partial charge in [0.1, 0.15) is 0 Å². The van der Waals surface area contributed by atoms with Crippen LogP contribution < -0.4 is 0 Å². The van der Waals surface area contributed by atoms with Crippen LogP contribution in [0.5, 0.6) is 0 Å². The Morgan fingerprint density at radius 3 is 1.11 bits per heavy atom. The van der Waals surface area contributed by atoms with Gasteiger partial charge < -0.3 is 0 Å². The first-order valence-corrected chi connectivity index (χ1v) is 21.3. The summed E-state index contributed by atoms with van der Waals surface area (Å²) in [4.78, 5) is 22.6. The molecule has 0 heterocycles. The van der Waals surface area contributed by atoms with E-state index in [1.54, 1.807) is 0 Å². The predicted molar refractivity (Wildman–Crippen MR) is 78.7 cm³/mol. The van der Waals surface area contributed by atoms with Crippen molar-refractivity contribution in [2.75, 3.05) is 0 Å². The Balaban J connectivity index is 4.80. The van der Waals surface area contributed by atoms with Crippen molar-refractivity contribution >= 4 is 38.5 Å². The van der Waals surface area contributed by atoms with Gasteiger partial charge in [0.25, 0.3) is 0 Å². The molecule has 0 saturated heterocycles. The summed E-state index contributed by atoms with van der Waals surface area (Å²) < 4.78 is -0.590. The maximum absolute atomic E-state index is 11.3. The Kier molecular flexibility index (Phi) is 6.46. The zero-order chi connectivity index (χ0) is 14.7. The number of hydrogen-bond donors (Lipinski definition) is 2. The van der Waals surface area contributed by atoms with Gasteiger partial charge in [-0.1, -0.05) is 0 Å². The third kappa shape index (κ3) is 5.78. The van der Waals surface area contributed by atoms with Crippen molar-refractivity contribution in [1.29, 1.82) is 0 Å². The van der Waals surface area contributed by atoms with Crippen molar-refractivity contribution in [3.63, 3.8) is 0 Å². The Morgan fingerprint density at radius 1 is 0.778 bits per heavy atom. The molecule has 0 aromatic heterocycles. The quantitative estimate of drug-likeness (QED) is 0.665. The Morgan fingerprint density at radius 2 is 1.00 bits per heavy atom. The molecule has 0 fully saturated rings. The fraction of sp³-hybridized carbons (Fsp3) is 0.833. The van der Waals surface area contributed by atoms with E-state index in [0.29, 0.717) is 12.8 Å². The Bertz CT molecular complexity index is 283. The normalized spacial score (nSPS) is 16.1. The van der Waals surface area contributed by atoms with Gasteiger partial charge in [-0.3, -0.25) is 0 Å². The molecular formula is C12H26Ge2O4. The number of carbonyl (C=O) groups is 2. The molecule has 0 aliphatic heterocycles. The van der Waals surface area contributed by atoms with Crippen LogP contribution in [-0.4, -0.2) is 48.7 Å². The molecule has 0 aliphatic rings. The van der Waals surface area contributed by atoms with Crippen LogP contribution in [0, 0.1) is 0 Å². The summed E-state index contributed by atoms with van der Waals surface area (Å²) in [7, 11) is 0. The van der Waals surface area contributed by atoms with E-state index in [1.165, 1.54) is 0 Å². The minimum atomic E-state index is -2.29. The molecule has 106 valence electrons. The summed E-state index contributed by atoms with van der Waals surface area (Å²) in [5.74, 6) is 11.0. The van der Waals surface area contributed by atoms with Crippen molar-refractivity contribution in [1.82, 2.24) is 0 Å². The first kappa shape index (κ1) is 18.0. The van der Waals surface area contributed by atoms with E-state index in [-0.39, 0.29) is 9.50 Å². The zero-order valence-electron chi connectivity index (χ0n) is 12.3. The standard InChI is InChI=1S/C12H26Ge2O4/c1-13(2,3)9(11(15)16)7-8-10(12(17)18)14(4,5)6/h9-10H,7-8H2,1-6H3,(H,15,16)(H,17,18). The third-order valence-electron chi connectivity index (χ3n) is 3.43. The van der Waals surface area contributed by atoms with Gasteiger partial charge in [-0.05, 0) is 0 Å². The van der Waals surface area contributed by atoms with Gasteiger partial charge in [-0.25, -0.2) is 0 Å². The van der Waals surface area contributed by atoms with Crippen molar-refractivity contribution < 1.29 is 19.8 Å². The molecule has 0 spiro atoms. The van der Waals surface area contributed by atoms with Gasteiger partial charge in [-0.15, -0.1) is 0 Å².